The summed E-state index contributed by atoms with van der Waals surface area (Å²) < 4.78 is 10.5. The summed E-state index contributed by atoms with van der Waals surface area (Å²) in [6.07, 6.45) is 2.54. The van der Waals surface area contributed by atoms with E-state index in [4.69, 9.17) is 9.15 Å². The summed E-state index contributed by atoms with van der Waals surface area (Å²) in [6.45, 7) is 5.65. The van der Waals surface area contributed by atoms with Crippen LogP contribution in [0.2, 0.25) is 0 Å². The topological polar surface area (TPSA) is 85.6 Å². The zero-order chi connectivity index (χ0) is 20.0. The smallest absolute Gasteiger partial charge is 0.331 e. The van der Waals surface area contributed by atoms with Gasteiger partial charge in [0.15, 0.2) is 11.3 Å². The van der Waals surface area contributed by atoms with E-state index in [2.05, 4.69) is 42.0 Å². The minimum atomic E-state index is -0.723. The fourth-order valence-electron chi connectivity index (χ4n) is 2.11. The van der Waals surface area contributed by atoms with E-state index in [1.54, 1.807) is 24.3 Å². The van der Waals surface area contributed by atoms with Crippen molar-refractivity contribution in [3.8, 4) is 0 Å². The van der Waals surface area contributed by atoms with Gasteiger partial charge in [0.2, 0.25) is 0 Å². The van der Waals surface area contributed by atoms with Gasteiger partial charge in [-0.15, -0.1) is 0 Å². The van der Waals surface area contributed by atoms with E-state index in [1.165, 1.54) is 6.08 Å². The Bertz CT molecular complexity index is 859. The summed E-state index contributed by atoms with van der Waals surface area (Å²) in [4.78, 5) is 35.4. The summed E-state index contributed by atoms with van der Waals surface area (Å²) in [5.74, 6) is -1.52. The number of esters is 1. The van der Waals surface area contributed by atoms with Crippen molar-refractivity contribution in [1.82, 2.24) is 5.32 Å². The van der Waals surface area contributed by atoms with E-state index in [0.717, 1.165) is 11.6 Å². The highest BCUT2D eigenvalue weighted by Crippen LogP contribution is 2.22. The molecular weight excluding hydrogens is 414 g/mol. The fraction of sp³-hybridized carbons (Fsp3) is 0.250. The number of hydrogen-bond acceptors (Lipinski definition) is 5. The van der Waals surface area contributed by atoms with Crippen LogP contribution in [0.1, 0.15) is 42.5 Å². The number of carbonyl (C=O) groups is 3. The van der Waals surface area contributed by atoms with Gasteiger partial charge in [-0.2, -0.15) is 0 Å². The van der Waals surface area contributed by atoms with Crippen molar-refractivity contribution in [3.63, 3.8) is 0 Å². The van der Waals surface area contributed by atoms with Crippen molar-refractivity contribution in [2.24, 2.45) is 0 Å². The van der Waals surface area contributed by atoms with Crippen molar-refractivity contribution in [3.05, 3.63) is 64.0 Å². The third-order valence-electron chi connectivity index (χ3n) is 3.59. The van der Waals surface area contributed by atoms with Crippen LogP contribution in [0.3, 0.4) is 0 Å². The molecule has 1 aromatic heterocycles. The van der Waals surface area contributed by atoms with Crippen molar-refractivity contribution in [2.45, 2.75) is 26.2 Å². The van der Waals surface area contributed by atoms with Crippen LogP contribution in [0, 0.1) is 0 Å². The number of halogens is 1. The quantitative estimate of drug-likeness (QED) is 0.571. The lowest BCUT2D eigenvalue weighted by Crippen LogP contribution is -2.34. The first kappa shape index (κ1) is 20.6. The minimum Gasteiger partial charge on any atom is -0.452 e. The van der Waals surface area contributed by atoms with Gasteiger partial charge in [-0.1, -0.05) is 32.9 Å². The Morgan fingerprint density at radius 2 is 1.78 bits per heavy atom. The Morgan fingerprint density at radius 3 is 2.33 bits per heavy atom. The van der Waals surface area contributed by atoms with E-state index in [9.17, 15) is 14.4 Å². The van der Waals surface area contributed by atoms with Gasteiger partial charge in [0.25, 0.3) is 11.8 Å². The van der Waals surface area contributed by atoms with Crippen molar-refractivity contribution in [1.29, 1.82) is 0 Å². The van der Waals surface area contributed by atoms with Crippen LogP contribution in [0.15, 0.2) is 51.6 Å². The SMILES string of the molecule is CC(C)(C)c1ccc(C(=O)NC(=O)COC(=O)C=Cc2ccc(Br)o2)cc1. The average Bonchev–Trinajstić information content (AvgIpc) is 3.03. The van der Waals surface area contributed by atoms with E-state index < -0.39 is 24.4 Å². The minimum absolute atomic E-state index is 0.0295. The van der Waals surface area contributed by atoms with Gasteiger partial charge in [0, 0.05) is 11.6 Å². The molecule has 0 saturated carbocycles. The van der Waals surface area contributed by atoms with Gasteiger partial charge in [-0.3, -0.25) is 14.9 Å². The number of carbonyl (C=O) groups excluding carboxylic acids is 3. The lowest BCUT2D eigenvalue weighted by atomic mass is 9.87. The molecular formula is C20H20BrNO5. The molecule has 2 rings (SSSR count). The first-order valence-corrected chi connectivity index (χ1v) is 8.99. The first-order valence-electron chi connectivity index (χ1n) is 8.20. The molecule has 6 nitrogen and oxygen atoms in total. The Kier molecular flexibility index (Phi) is 6.74. The predicted octanol–water partition coefficient (Wildman–Crippen LogP) is 3.85. The number of hydrogen-bond donors (Lipinski definition) is 1. The second-order valence-corrected chi connectivity index (χ2v) is 7.57. The van der Waals surface area contributed by atoms with Crippen LogP contribution in [-0.2, 0) is 19.7 Å². The molecule has 0 unspecified atom stereocenters. The average molecular weight is 434 g/mol. The zero-order valence-corrected chi connectivity index (χ0v) is 16.8. The largest absolute Gasteiger partial charge is 0.452 e. The van der Waals surface area contributed by atoms with Crippen molar-refractivity contribution in [2.75, 3.05) is 6.61 Å². The lowest BCUT2D eigenvalue weighted by Gasteiger charge is -2.18. The summed E-state index contributed by atoms with van der Waals surface area (Å²) in [7, 11) is 0. The second kappa shape index (κ2) is 8.81. The summed E-state index contributed by atoms with van der Waals surface area (Å²) in [5, 5.41) is 2.18. The van der Waals surface area contributed by atoms with Crippen LogP contribution >= 0.6 is 15.9 Å². The van der Waals surface area contributed by atoms with Gasteiger partial charge in [-0.05, 0) is 57.2 Å². The Labute approximate surface area is 165 Å². The van der Waals surface area contributed by atoms with Gasteiger partial charge in [-0.25, -0.2) is 4.79 Å². The molecule has 1 aromatic carbocycles. The zero-order valence-electron chi connectivity index (χ0n) is 15.2. The number of furan rings is 1. The molecule has 1 N–H and O–H groups in total. The maximum atomic E-state index is 12.1. The Hall–Kier alpha value is -2.67. The van der Waals surface area contributed by atoms with E-state index in [-0.39, 0.29) is 5.41 Å². The van der Waals surface area contributed by atoms with Crippen LogP contribution in [0.5, 0.6) is 0 Å². The van der Waals surface area contributed by atoms with Gasteiger partial charge in [0.1, 0.15) is 5.76 Å². The molecule has 1 heterocycles. The normalized spacial score (nSPS) is 11.4. The van der Waals surface area contributed by atoms with Crippen LogP contribution in [0.25, 0.3) is 6.08 Å². The highest BCUT2D eigenvalue weighted by molar-refractivity contribution is 9.10. The van der Waals surface area contributed by atoms with Crippen LogP contribution < -0.4 is 5.32 Å². The fourth-order valence-corrected chi connectivity index (χ4v) is 2.43. The van der Waals surface area contributed by atoms with E-state index >= 15 is 0 Å². The highest BCUT2D eigenvalue weighted by atomic mass is 79.9. The van der Waals surface area contributed by atoms with Crippen LogP contribution in [0.4, 0.5) is 0 Å². The number of imide groups is 1. The molecule has 0 aliphatic carbocycles. The lowest BCUT2D eigenvalue weighted by molar-refractivity contribution is -0.143. The molecule has 0 saturated heterocycles. The summed E-state index contributed by atoms with van der Waals surface area (Å²) in [6, 6.07) is 10.3. The van der Waals surface area contributed by atoms with Gasteiger partial charge in [0.05, 0.1) is 0 Å². The third-order valence-corrected chi connectivity index (χ3v) is 4.02. The standard InChI is InChI=1S/C20H20BrNO5/c1-20(2,3)14-6-4-13(5-7-14)19(25)22-17(23)12-26-18(24)11-9-15-8-10-16(21)27-15/h4-11H,12H2,1-3H3,(H,22,23,25). The van der Waals surface area contributed by atoms with Gasteiger partial charge >= 0.3 is 5.97 Å². The second-order valence-electron chi connectivity index (χ2n) is 6.79. The monoisotopic (exact) mass is 433 g/mol. The molecule has 0 fully saturated rings. The molecule has 27 heavy (non-hydrogen) atoms. The molecule has 7 heteroatoms. The molecule has 0 aliphatic heterocycles. The summed E-state index contributed by atoms with van der Waals surface area (Å²) >= 11 is 3.14. The Morgan fingerprint density at radius 1 is 1.11 bits per heavy atom. The van der Waals surface area contributed by atoms with Crippen LogP contribution in [-0.4, -0.2) is 24.4 Å². The van der Waals surface area contributed by atoms with Gasteiger partial charge < -0.3 is 9.15 Å². The number of nitrogens with one attached hydrogen (secondary N) is 1. The number of amides is 2. The molecule has 0 bridgehead atoms. The third kappa shape index (κ3) is 6.53. The predicted molar refractivity (Wildman–Crippen MR) is 104 cm³/mol. The molecule has 0 radical (unpaired) electrons. The molecule has 142 valence electrons. The Balaban J connectivity index is 1.81. The molecule has 0 spiro atoms. The maximum Gasteiger partial charge on any atom is 0.331 e. The number of ether oxygens (including phenoxy) is 1. The van der Waals surface area contributed by atoms with Crippen molar-refractivity contribution >= 4 is 39.8 Å². The summed E-state index contributed by atoms with van der Waals surface area (Å²) in [5.41, 5.74) is 1.40. The number of benzene rings is 1. The van der Waals surface area contributed by atoms with E-state index in [1.807, 2.05) is 12.1 Å². The first-order chi connectivity index (χ1) is 12.6. The molecule has 2 amide bonds. The van der Waals surface area contributed by atoms with Crippen molar-refractivity contribution < 1.29 is 23.5 Å². The highest BCUT2D eigenvalue weighted by Gasteiger charge is 2.15. The molecule has 0 aliphatic rings. The number of rotatable bonds is 5. The molecule has 0 atom stereocenters. The maximum absolute atomic E-state index is 12.1. The van der Waals surface area contributed by atoms with E-state index in [0.29, 0.717) is 16.0 Å². The molecule has 2 aromatic rings.